The summed E-state index contributed by atoms with van der Waals surface area (Å²) in [5.41, 5.74) is 0.335. The van der Waals surface area contributed by atoms with Crippen LogP contribution in [0.2, 0.25) is 0 Å². The molecule has 0 spiro atoms. The fraction of sp³-hybridized carbons (Fsp3) is 0.588. The standard InChI is InChI=1S/C17H27N3O4S/c1-4-10-20-11-8-15(9-12-20)18-17(21)14-6-5-7-16(13-14)25(22,23)19(2)24-3/h5-7,13,15H,4,8-12H2,1-3H3,(H,18,21). The van der Waals surface area contributed by atoms with Crippen molar-refractivity contribution in [3.8, 4) is 0 Å². The van der Waals surface area contributed by atoms with Crippen LogP contribution >= 0.6 is 0 Å². The molecule has 0 atom stereocenters. The lowest BCUT2D eigenvalue weighted by Gasteiger charge is -2.32. The molecule has 1 saturated heterocycles. The van der Waals surface area contributed by atoms with E-state index in [1.54, 1.807) is 12.1 Å². The van der Waals surface area contributed by atoms with E-state index in [1.807, 2.05) is 0 Å². The number of carbonyl (C=O) groups is 1. The molecule has 7 nitrogen and oxygen atoms in total. The van der Waals surface area contributed by atoms with Crippen molar-refractivity contribution in [2.75, 3.05) is 33.8 Å². The van der Waals surface area contributed by atoms with Gasteiger partial charge in [-0.2, -0.15) is 0 Å². The van der Waals surface area contributed by atoms with Crippen molar-refractivity contribution in [1.82, 2.24) is 14.7 Å². The van der Waals surface area contributed by atoms with E-state index >= 15 is 0 Å². The lowest BCUT2D eigenvalue weighted by Crippen LogP contribution is -2.44. The Labute approximate surface area is 149 Å². The van der Waals surface area contributed by atoms with Crippen molar-refractivity contribution in [1.29, 1.82) is 0 Å². The molecule has 1 aliphatic rings. The number of nitrogens with one attached hydrogen (secondary N) is 1. The van der Waals surface area contributed by atoms with Gasteiger partial charge < -0.3 is 10.2 Å². The number of likely N-dealkylation sites (tertiary alicyclic amines) is 1. The van der Waals surface area contributed by atoms with Crippen LogP contribution in [0.4, 0.5) is 0 Å². The molecule has 1 aliphatic heterocycles. The Kier molecular flexibility index (Phi) is 6.95. The first kappa shape index (κ1) is 19.8. The van der Waals surface area contributed by atoms with E-state index in [0.29, 0.717) is 5.56 Å². The molecular formula is C17H27N3O4S. The minimum atomic E-state index is -3.77. The highest BCUT2D eigenvalue weighted by molar-refractivity contribution is 7.89. The predicted molar refractivity (Wildman–Crippen MR) is 95.6 cm³/mol. The Hall–Kier alpha value is -1.48. The Balaban J connectivity index is 2.02. The van der Waals surface area contributed by atoms with Crippen LogP contribution < -0.4 is 5.32 Å². The zero-order valence-electron chi connectivity index (χ0n) is 15.1. The van der Waals surface area contributed by atoms with Gasteiger partial charge in [0, 0.05) is 31.7 Å². The molecule has 25 heavy (non-hydrogen) atoms. The highest BCUT2D eigenvalue weighted by Crippen LogP contribution is 2.17. The van der Waals surface area contributed by atoms with Crippen molar-refractivity contribution >= 4 is 15.9 Å². The van der Waals surface area contributed by atoms with Crippen molar-refractivity contribution < 1.29 is 18.0 Å². The molecule has 1 aromatic rings. The van der Waals surface area contributed by atoms with E-state index in [2.05, 4.69) is 17.1 Å². The summed E-state index contributed by atoms with van der Waals surface area (Å²) >= 11 is 0. The number of hydroxylamine groups is 1. The molecule has 0 aromatic heterocycles. The second-order valence-electron chi connectivity index (χ2n) is 6.21. The van der Waals surface area contributed by atoms with Gasteiger partial charge in [0.15, 0.2) is 0 Å². The Morgan fingerprint density at radius 2 is 2.04 bits per heavy atom. The number of hydrogen-bond donors (Lipinski definition) is 1. The first-order chi connectivity index (χ1) is 11.9. The van der Waals surface area contributed by atoms with Gasteiger partial charge in [-0.3, -0.25) is 9.63 Å². The molecule has 1 fully saturated rings. The fourth-order valence-electron chi connectivity index (χ4n) is 2.93. The molecule has 1 amide bonds. The summed E-state index contributed by atoms with van der Waals surface area (Å²) in [4.78, 5) is 19.7. The molecule has 8 heteroatoms. The molecule has 0 saturated carbocycles. The van der Waals surface area contributed by atoms with Crippen molar-refractivity contribution in [3.63, 3.8) is 0 Å². The van der Waals surface area contributed by atoms with Crippen LogP contribution in [0.3, 0.4) is 0 Å². The number of sulfonamides is 1. The summed E-state index contributed by atoms with van der Waals surface area (Å²) in [5, 5.41) is 3.01. The zero-order chi connectivity index (χ0) is 18.4. The van der Waals surface area contributed by atoms with E-state index in [9.17, 15) is 13.2 Å². The molecule has 140 valence electrons. The number of piperidine rings is 1. The first-order valence-electron chi connectivity index (χ1n) is 8.54. The second kappa shape index (κ2) is 8.75. The topological polar surface area (TPSA) is 79.0 Å². The number of hydrogen-bond acceptors (Lipinski definition) is 5. The number of carbonyl (C=O) groups excluding carboxylic acids is 1. The van der Waals surface area contributed by atoms with E-state index in [1.165, 1.54) is 26.3 Å². The van der Waals surface area contributed by atoms with E-state index in [0.717, 1.165) is 43.4 Å². The van der Waals surface area contributed by atoms with Gasteiger partial charge in [0.2, 0.25) is 0 Å². The quantitative estimate of drug-likeness (QED) is 0.737. The van der Waals surface area contributed by atoms with E-state index < -0.39 is 10.0 Å². The highest BCUT2D eigenvalue weighted by Gasteiger charge is 2.24. The van der Waals surface area contributed by atoms with Gasteiger partial charge >= 0.3 is 0 Å². The van der Waals surface area contributed by atoms with Crippen molar-refractivity contribution in [3.05, 3.63) is 29.8 Å². The maximum absolute atomic E-state index is 12.5. The number of rotatable bonds is 7. The zero-order valence-corrected chi connectivity index (χ0v) is 15.9. The third-order valence-electron chi connectivity index (χ3n) is 4.45. The van der Waals surface area contributed by atoms with Crippen LogP contribution in [0.5, 0.6) is 0 Å². The second-order valence-corrected chi connectivity index (χ2v) is 8.15. The molecule has 0 radical (unpaired) electrons. The number of benzene rings is 1. The normalized spacial score (nSPS) is 17.0. The fourth-order valence-corrected chi connectivity index (χ4v) is 3.95. The maximum atomic E-state index is 12.5. The predicted octanol–water partition coefficient (Wildman–Crippen LogP) is 1.47. The lowest BCUT2D eigenvalue weighted by molar-refractivity contribution is -0.0258. The third kappa shape index (κ3) is 5.01. The van der Waals surface area contributed by atoms with Crippen molar-refractivity contribution in [2.24, 2.45) is 0 Å². The maximum Gasteiger partial charge on any atom is 0.264 e. The van der Waals surface area contributed by atoms with Gasteiger partial charge in [0.1, 0.15) is 0 Å². The Bertz CT molecular complexity index is 685. The average molecular weight is 369 g/mol. The lowest BCUT2D eigenvalue weighted by atomic mass is 10.0. The summed E-state index contributed by atoms with van der Waals surface area (Å²) in [6, 6.07) is 6.14. The van der Waals surface area contributed by atoms with Crippen LogP contribution in [0, 0.1) is 0 Å². The molecule has 1 aromatic carbocycles. The number of amides is 1. The summed E-state index contributed by atoms with van der Waals surface area (Å²) in [6.07, 6.45) is 2.96. The number of nitrogens with zero attached hydrogens (tertiary/aromatic N) is 2. The van der Waals surface area contributed by atoms with Gasteiger partial charge in [-0.1, -0.05) is 17.5 Å². The molecular weight excluding hydrogens is 342 g/mol. The molecule has 0 unspecified atom stereocenters. The molecule has 0 aliphatic carbocycles. The van der Waals surface area contributed by atoms with Gasteiger partial charge in [-0.15, -0.1) is 0 Å². The minimum absolute atomic E-state index is 0.0299. The monoisotopic (exact) mass is 369 g/mol. The average Bonchev–Trinajstić information content (AvgIpc) is 2.63. The SMILES string of the molecule is CCCN1CCC(NC(=O)c2cccc(S(=O)(=O)N(C)OC)c2)CC1. The Morgan fingerprint density at radius 3 is 2.64 bits per heavy atom. The van der Waals surface area contributed by atoms with Gasteiger partial charge in [-0.25, -0.2) is 8.42 Å². The first-order valence-corrected chi connectivity index (χ1v) is 9.98. The molecule has 1 N–H and O–H groups in total. The van der Waals surface area contributed by atoms with Gasteiger partial charge in [0.05, 0.1) is 12.0 Å². The summed E-state index contributed by atoms with van der Waals surface area (Å²) in [7, 11) is -1.18. The van der Waals surface area contributed by atoms with Crippen LogP contribution in [0.1, 0.15) is 36.5 Å². The Morgan fingerprint density at radius 1 is 1.36 bits per heavy atom. The van der Waals surface area contributed by atoms with E-state index in [-0.39, 0.29) is 16.8 Å². The van der Waals surface area contributed by atoms with Crippen LogP contribution in [0.15, 0.2) is 29.2 Å². The molecule has 0 bridgehead atoms. The van der Waals surface area contributed by atoms with Crippen molar-refractivity contribution in [2.45, 2.75) is 37.1 Å². The summed E-state index contributed by atoms with van der Waals surface area (Å²) in [6.45, 7) is 5.21. The van der Waals surface area contributed by atoms with Crippen LogP contribution in [-0.2, 0) is 14.9 Å². The smallest absolute Gasteiger partial charge is 0.264 e. The molecule has 2 rings (SSSR count). The summed E-state index contributed by atoms with van der Waals surface area (Å²) < 4.78 is 25.4. The highest BCUT2D eigenvalue weighted by atomic mass is 32.2. The summed E-state index contributed by atoms with van der Waals surface area (Å²) in [5.74, 6) is -0.244. The van der Waals surface area contributed by atoms with Gasteiger partial charge in [0.25, 0.3) is 15.9 Å². The van der Waals surface area contributed by atoms with Crippen LogP contribution in [0.25, 0.3) is 0 Å². The minimum Gasteiger partial charge on any atom is -0.349 e. The molecule has 1 heterocycles. The van der Waals surface area contributed by atoms with Crippen LogP contribution in [-0.4, -0.2) is 63.5 Å². The van der Waals surface area contributed by atoms with Gasteiger partial charge in [-0.05, 0) is 44.0 Å². The van der Waals surface area contributed by atoms with E-state index in [4.69, 9.17) is 4.84 Å². The third-order valence-corrected chi connectivity index (χ3v) is 6.13. The largest absolute Gasteiger partial charge is 0.349 e.